The summed E-state index contributed by atoms with van der Waals surface area (Å²) in [6, 6.07) is 0. The molecule has 3 aliphatic rings. The lowest BCUT2D eigenvalue weighted by Crippen LogP contribution is -2.59. The fourth-order valence-electron chi connectivity index (χ4n) is 1.50. The van der Waals surface area contributed by atoms with Gasteiger partial charge in [0.15, 0.2) is 0 Å². The highest BCUT2D eigenvalue weighted by Gasteiger charge is 2.37. The molecule has 3 aliphatic heterocycles. The van der Waals surface area contributed by atoms with Crippen LogP contribution in [0.2, 0.25) is 0 Å². The molecule has 1 N–H and O–H groups in total. The molecule has 0 saturated carbocycles. The Morgan fingerprint density at radius 2 is 2.00 bits per heavy atom. The van der Waals surface area contributed by atoms with E-state index in [1.165, 1.54) is 0 Å². The molecule has 52 valence electrons. The second-order valence-electron chi connectivity index (χ2n) is 2.97. The van der Waals surface area contributed by atoms with E-state index in [2.05, 4.69) is 10.4 Å². The van der Waals surface area contributed by atoms with Crippen LogP contribution in [-0.2, 0) is 0 Å². The van der Waals surface area contributed by atoms with Crippen molar-refractivity contribution in [3.8, 4) is 0 Å². The van der Waals surface area contributed by atoms with E-state index < -0.39 is 0 Å². The first-order chi connectivity index (χ1) is 4.29. The van der Waals surface area contributed by atoms with Gasteiger partial charge < -0.3 is 0 Å². The minimum atomic E-state index is 0.106. The zero-order chi connectivity index (χ0) is 6.32. The monoisotopic (exact) mass is 146 g/mol. The standard InChI is InChI=1S/C6H11ClN2/c7-6-1-3-9(4-2-6)8-5-6/h8H,1-5H2. The van der Waals surface area contributed by atoms with Crippen molar-refractivity contribution < 1.29 is 0 Å². The van der Waals surface area contributed by atoms with Gasteiger partial charge in [0.25, 0.3) is 0 Å². The number of rotatable bonds is 0. The molecule has 2 nitrogen and oxygen atoms in total. The topological polar surface area (TPSA) is 15.3 Å². The van der Waals surface area contributed by atoms with Crippen LogP contribution in [-0.4, -0.2) is 29.5 Å². The lowest BCUT2D eigenvalue weighted by atomic mass is 9.94. The summed E-state index contributed by atoms with van der Waals surface area (Å²) in [6.45, 7) is 3.22. The minimum absolute atomic E-state index is 0.106. The van der Waals surface area contributed by atoms with Crippen molar-refractivity contribution in [3.05, 3.63) is 0 Å². The number of hydrogen-bond acceptors (Lipinski definition) is 2. The zero-order valence-electron chi connectivity index (χ0n) is 5.36. The zero-order valence-corrected chi connectivity index (χ0v) is 6.12. The summed E-state index contributed by atoms with van der Waals surface area (Å²) in [6.07, 6.45) is 2.31. The lowest BCUT2D eigenvalue weighted by Gasteiger charge is -2.44. The van der Waals surface area contributed by atoms with E-state index in [0.717, 1.165) is 32.5 Å². The summed E-state index contributed by atoms with van der Waals surface area (Å²) in [5.74, 6) is 0. The number of hydrogen-bond donors (Lipinski definition) is 1. The van der Waals surface area contributed by atoms with Gasteiger partial charge in [-0.2, -0.15) is 0 Å². The van der Waals surface area contributed by atoms with E-state index >= 15 is 0 Å². The first-order valence-corrected chi connectivity index (χ1v) is 3.84. The SMILES string of the molecule is ClC12CCN(CC1)NC2. The predicted octanol–water partition coefficient (Wildman–Crippen LogP) is 0.578. The van der Waals surface area contributed by atoms with Crippen molar-refractivity contribution in [2.45, 2.75) is 17.7 Å². The van der Waals surface area contributed by atoms with Crippen LogP contribution in [0.15, 0.2) is 0 Å². The van der Waals surface area contributed by atoms with Crippen LogP contribution < -0.4 is 5.43 Å². The quantitative estimate of drug-likeness (QED) is 0.503. The fourth-order valence-corrected chi connectivity index (χ4v) is 1.72. The number of fused-ring (bicyclic) bond motifs is 3. The van der Waals surface area contributed by atoms with Gasteiger partial charge >= 0.3 is 0 Å². The van der Waals surface area contributed by atoms with Gasteiger partial charge in [-0.1, -0.05) is 0 Å². The molecule has 0 amide bonds. The summed E-state index contributed by atoms with van der Waals surface area (Å²) >= 11 is 6.21. The largest absolute Gasteiger partial charge is 0.253 e. The lowest BCUT2D eigenvalue weighted by molar-refractivity contribution is 0.0705. The maximum atomic E-state index is 6.21. The summed E-state index contributed by atoms with van der Waals surface area (Å²) < 4.78 is 0. The van der Waals surface area contributed by atoms with Crippen molar-refractivity contribution in [1.82, 2.24) is 10.4 Å². The van der Waals surface area contributed by atoms with Crippen LogP contribution in [0.4, 0.5) is 0 Å². The predicted molar refractivity (Wildman–Crippen MR) is 37.4 cm³/mol. The fraction of sp³-hybridized carbons (Fsp3) is 1.00. The molecule has 0 spiro atoms. The molecule has 3 heterocycles. The van der Waals surface area contributed by atoms with Crippen molar-refractivity contribution >= 4 is 11.6 Å². The van der Waals surface area contributed by atoms with Crippen molar-refractivity contribution in [2.75, 3.05) is 19.6 Å². The molecular formula is C6H11ClN2. The van der Waals surface area contributed by atoms with E-state index in [1.807, 2.05) is 0 Å². The Kier molecular flexibility index (Phi) is 1.22. The number of halogens is 1. The van der Waals surface area contributed by atoms with E-state index in [9.17, 15) is 0 Å². The molecule has 3 rings (SSSR count). The van der Waals surface area contributed by atoms with E-state index in [0.29, 0.717) is 0 Å². The number of nitrogens with one attached hydrogen (secondary N) is 1. The second-order valence-corrected chi connectivity index (χ2v) is 3.77. The normalized spacial score (nSPS) is 49.7. The highest BCUT2D eigenvalue weighted by Crippen LogP contribution is 2.31. The molecule has 0 aromatic rings. The van der Waals surface area contributed by atoms with E-state index in [1.54, 1.807) is 0 Å². The maximum absolute atomic E-state index is 6.21. The number of piperidine rings is 1. The Bertz CT molecular complexity index is 104. The average Bonchev–Trinajstić information content (AvgIpc) is 1.90. The van der Waals surface area contributed by atoms with Crippen LogP contribution in [0.3, 0.4) is 0 Å². The molecular weight excluding hydrogens is 136 g/mol. The van der Waals surface area contributed by atoms with Gasteiger partial charge in [0.1, 0.15) is 0 Å². The Morgan fingerprint density at radius 1 is 1.33 bits per heavy atom. The highest BCUT2D eigenvalue weighted by atomic mass is 35.5. The maximum Gasteiger partial charge on any atom is 0.0610 e. The molecule has 0 unspecified atom stereocenters. The molecule has 2 bridgehead atoms. The van der Waals surface area contributed by atoms with Gasteiger partial charge in [0, 0.05) is 19.6 Å². The van der Waals surface area contributed by atoms with Crippen LogP contribution in [0, 0.1) is 0 Å². The summed E-state index contributed by atoms with van der Waals surface area (Å²) in [7, 11) is 0. The summed E-state index contributed by atoms with van der Waals surface area (Å²) in [4.78, 5) is 0.106. The summed E-state index contributed by atoms with van der Waals surface area (Å²) in [5, 5.41) is 2.25. The molecule has 3 fully saturated rings. The summed E-state index contributed by atoms with van der Waals surface area (Å²) in [5.41, 5.74) is 3.26. The number of nitrogens with zero attached hydrogens (tertiary/aromatic N) is 1. The third-order valence-corrected chi connectivity index (χ3v) is 2.79. The van der Waals surface area contributed by atoms with E-state index in [4.69, 9.17) is 11.6 Å². The van der Waals surface area contributed by atoms with Crippen LogP contribution in [0.25, 0.3) is 0 Å². The molecule has 0 aromatic carbocycles. The Labute approximate surface area is 60.1 Å². The van der Waals surface area contributed by atoms with Crippen molar-refractivity contribution in [3.63, 3.8) is 0 Å². The van der Waals surface area contributed by atoms with Crippen LogP contribution in [0.5, 0.6) is 0 Å². The van der Waals surface area contributed by atoms with Gasteiger partial charge in [-0.15, -0.1) is 11.6 Å². The third-order valence-electron chi connectivity index (χ3n) is 2.28. The molecule has 0 atom stereocenters. The third kappa shape index (κ3) is 0.955. The van der Waals surface area contributed by atoms with Crippen LogP contribution >= 0.6 is 11.6 Å². The smallest absolute Gasteiger partial charge is 0.0610 e. The molecule has 3 heteroatoms. The molecule has 0 aliphatic carbocycles. The van der Waals surface area contributed by atoms with Gasteiger partial charge in [-0.25, -0.2) is 5.01 Å². The molecule has 0 aromatic heterocycles. The number of alkyl halides is 1. The van der Waals surface area contributed by atoms with Gasteiger partial charge in [0.2, 0.25) is 0 Å². The number of hydrazine groups is 1. The highest BCUT2D eigenvalue weighted by molar-refractivity contribution is 6.24. The first-order valence-electron chi connectivity index (χ1n) is 3.46. The average molecular weight is 147 g/mol. The first kappa shape index (κ1) is 5.96. The van der Waals surface area contributed by atoms with Gasteiger partial charge in [-0.3, -0.25) is 5.43 Å². The molecule has 0 radical (unpaired) electrons. The molecule has 3 saturated heterocycles. The van der Waals surface area contributed by atoms with Crippen molar-refractivity contribution in [2.24, 2.45) is 0 Å². The Balaban J connectivity index is 2.11. The van der Waals surface area contributed by atoms with Crippen molar-refractivity contribution in [1.29, 1.82) is 0 Å². The van der Waals surface area contributed by atoms with Gasteiger partial charge in [-0.05, 0) is 12.8 Å². The van der Waals surface area contributed by atoms with Crippen LogP contribution in [0.1, 0.15) is 12.8 Å². The van der Waals surface area contributed by atoms with Gasteiger partial charge in [0.05, 0.1) is 4.87 Å². The Morgan fingerprint density at radius 3 is 2.22 bits per heavy atom. The Hall–Kier alpha value is 0.210. The molecule has 9 heavy (non-hydrogen) atoms. The van der Waals surface area contributed by atoms with E-state index in [-0.39, 0.29) is 4.87 Å². The minimum Gasteiger partial charge on any atom is -0.253 e. The second kappa shape index (κ2) is 1.84.